The van der Waals surface area contributed by atoms with Crippen molar-refractivity contribution in [2.75, 3.05) is 45.6 Å². The summed E-state index contributed by atoms with van der Waals surface area (Å²) in [5.74, 6) is 2.00. The largest absolute Gasteiger partial charge is 0.379 e. The van der Waals surface area contributed by atoms with Crippen LogP contribution >= 0.6 is 11.8 Å². The number of aliphatic imine (C=N–C) groups is 1. The summed E-state index contributed by atoms with van der Waals surface area (Å²) in [5.41, 5.74) is 1.79. The number of nitrogens with one attached hydrogen (secondary N) is 2. The summed E-state index contributed by atoms with van der Waals surface area (Å²) in [4.78, 5) is 4.29. The molecule has 7 nitrogen and oxygen atoms in total. The minimum Gasteiger partial charge on any atom is -0.379 e. The second kappa shape index (κ2) is 10.5. The van der Waals surface area contributed by atoms with Gasteiger partial charge in [-0.15, -0.1) is 0 Å². The third kappa shape index (κ3) is 6.10. The Morgan fingerprint density at radius 2 is 2.00 bits per heavy atom. The molecule has 0 bridgehead atoms. The van der Waals surface area contributed by atoms with E-state index in [1.165, 1.54) is 22.9 Å². The van der Waals surface area contributed by atoms with Crippen LogP contribution in [0.3, 0.4) is 0 Å². The van der Waals surface area contributed by atoms with Gasteiger partial charge in [-0.05, 0) is 29.7 Å². The van der Waals surface area contributed by atoms with E-state index < -0.39 is 10.0 Å². The van der Waals surface area contributed by atoms with Crippen molar-refractivity contribution in [1.82, 2.24) is 14.9 Å². The molecule has 9 heteroatoms. The van der Waals surface area contributed by atoms with Gasteiger partial charge in [0.05, 0.1) is 19.0 Å². The lowest BCUT2D eigenvalue weighted by molar-refractivity contribution is 0.0729. The van der Waals surface area contributed by atoms with Crippen molar-refractivity contribution in [3.63, 3.8) is 0 Å². The molecule has 28 heavy (non-hydrogen) atoms. The first-order chi connectivity index (χ1) is 13.6. The molecule has 0 aliphatic carbocycles. The van der Waals surface area contributed by atoms with Crippen LogP contribution in [0.2, 0.25) is 0 Å². The van der Waals surface area contributed by atoms with Crippen molar-refractivity contribution in [3.8, 4) is 0 Å². The normalized spacial score (nSPS) is 21.6. The van der Waals surface area contributed by atoms with Crippen LogP contribution in [0.1, 0.15) is 24.0 Å². The lowest BCUT2D eigenvalue weighted by Gasteiger charge is -2.26. The van der Waals surface area contributed by atoms with Gasteiger partial charge in [0.2, 0.25) is 10.0 Å². The van der Waals surface area contributed by atoms with Gasteiger partial charge in [0.15, 0.2) is 5.96 Å². The second-order valence-electron chi connectivity index (χ2n) is 6.98. The Labute approximate surface area is 172 Å². The average molecular weight is 427 g/mol. The van der Waals surface area contributed by atoms with Crippen molar-refractivity contribution in [1.29, 1.82) is 0 Å². The fourth-order valence-corrected chi connectivity index (χ4v) is 6.16. The van der Waals surface area contributed by atoms with Crippen LogP contribution in [0.15, 0.2) is 29.3 Å². The number of nitrogens with zero attached hydrogens (tertiary/aromatic N) is 2. The molecule has 0 amide bonds. The fourth-order valence-electron chi connectivity index (χ4n) is 3.40. The molecule has 2 heterocycles. The molecule has 2 saturated heterocycles. The zero-order valence-corrected chi connectivity index (χ0v) is 18.0. The van der Waals surface area contributed by atoms with Crippen LogP contribution in [-0.2, 0) is 27.1 Å². The van der Waals surface area contributed by atoms with Crippen LogP contribution in [0.25, 0.3) is 0 Å². The molecule has 0 spiro atoms. The zero-order chi connectivity index (χ0) is 19.8. The Bertz CT molecular complexity index is 758. The number of guanidine groups is 1. The number of benzene rings is 1. The smallest absolute Gasteiger partial charge is 0.218 e. The SMILES string of the molecule is CN=C(NCc1ccccc1CS(=O)(=O)N1CCOCC1)NCC1CCCS1. The molecule has 1 aromatic rings. The third-order valence-electron chi connectivity index (χ3n) is 5.01. The maximum absolute atomic E-state index is 12.8. The molecule has 1 atom stereocenters. The first-order valence-corrected chi connectivity index (χ1v) is 12.4. The minimum absolute atomic E-state index is 0.00952. The van der Waals surface area contributed by atoms with Gasteiger partial charge in [0.1, 0.15) is 0 Å². The van der Waals surface area contributed by atoms with Gasteiger partial charge in [0, 0.05) is 38.5 Å². The van der Waals surface area contributed by atoms with E-state index >= 15 is 0 Å². The zero-order valence-electron chi connectivity index (χ0n) is 16.4. The van der Waals surface area contributed by atoms with E-state index in [-0.39, 0.29) is 5.75 Å². The fraction of sp³-hybridized carbons (Fsp3) is 0.632. The van der Waals surface area contributed by atoms with Gasteiger partial charge in [-0.1, -0.05) is 24.3 Å². The number of thioether (sulfide) groups is 1. The molecule has 1 unspecified atom stereocenters. The lowest BCUT2D eigenvalue weighted by Crippen LogP contribution is -2.41. The van der Waals surface area contributed by atoms with Gasteiger partial charge in [-0.25, -0.2) is 8.42 Å². The number of hydrogen-bond donors (Lipinski definition) is 2. The Kier molecular flexibility index (Phi) is 8.01. The summed E-state index contributed by atoms with van der Waals surface area (Å²) in [7, 11) is -1.59. The molecular formula is C19H30N4O3S2. The standard InChI is InChI=1S/C19H30N4O3S2/c1-20-19(22-14-18-7-4-12-27-18)21-13-16-5-2-3-6-17(16)15-28(24,25)23-8-10-26-11-9-23/h2-3,5-6,18H,4,7-15H2,1H3,(H2,20,21,22). The van der Waals surface area contributed by atoms with E-state index in [2.05, 4.69) is 15.6 Å². The Balaban J connectivity index is 1.58. The van der Waals surface area contributed by atoms with E-state index in [1.807, 2.05) is 36.0 Å². The van der Waals surface area contributed by atoms with E-state index in [9.17, 15) is 8.42 Å². The summed E-state index contributed by atoms with van der Waals surface area (Å²) in [6.45, 7) is 3.22. The monoisotopic (exact) mass is 426 g/mol. The van der Waals surface area contributed by atoms with Gasteiger partial charge < -0.3 is 15.4 Å². The quantitative estimate of drug-likeness (QED) is 0.507. The van der Waals surface area contributed by atoms with Gasteiger partial charge in [0.25, 0.3) is 0 Å². The summed E-state index contributed by atoms with van der Waals surface area (Å²) >= 11 is 2.01. The highest BCUT2D eigenvalue weighted by Gasteiger charge is 2.25. The number of morpholine rings is 1. The molecule has 156 valence electrons. The van der Waals surface area contributed by atoms with Crippen LogP contribution in [0.5, 0.6) is 0 Å². The van der Waals surface area contributed by atoms with Crippen LogP contribution < -0.4 is 10.6 Å². The molecule has 3 rings (SSSR count). The number of ether oxygens (including phenoxy) is 1. The summed E-state index contributed by atoms with van der Waals surface area (Å²) < 4.78 is 32.3. The van der Waals surface area contributed by atoms with Crippen LogP contribution in [0, 0.1) is 0 Å². The molecule has 0 radical (unpaired) electrons. The van der Waals surface area contributed by atoms with Gasteiger partial charge in [-0.2, -0.15) is 16.1 Å². The lowest BCUT2D eigenvalue weighted by atomic mass is 10.1. The van der Waals surface area contributed by atoms with Crippen LogP contribution in [0.4, 0.5) is 0 Å². The van der Waals surface area contributed by atoms with E-state index in [4.69, 9.17) is 4.74 Å². The highest BCUT2D eigenvalue weighted by Crippen LogP contribution is 2.25. The van der Waals surface area contributed by atoms with Gasteiger partial charge >= 0.3 is 0 Å². The molecule has 0 saturated carbocycles. The Morgan fingerprint density at radius 3 is 2.68 bits per heavy atom. The minimum atomic E-state index is -3.35. The molecular weight excluding hydrogens is 396 g/mol. The molecule has 2 fully saturated rings. The van der Waals surface area contributed by atoms with E-state index in [1.54, 1.807) is 7.05 Å². The average Bonchev–Trinajstić information content (AvgIpc) is 3.23. The number of sulfonamides is 1. The van der Waals surface area contributed by atoms with E-state index in [0.29, 0.717) is 38.1 Å². The molecule has 0 aromatic heterocycles. The molecule has 1 aromatic carbocycles. The maximum Gasteiger partial charge on any atom is 0.218 e. The van der Waals surface area contributed by atoms with Crippen LogP contribution in [-0.4, -0.2) is 69.6 Å². The Morgan fingerprint density at radius 1 is 1.25 bits per heavy atom. The Hall–Kier alpha value is -1.29. The number of hydrogen-bond acceptors (Lipinski definition) is 5. The molecule has 2 aliphatic heterocycles. The molecule has 2 aliphatic rings. The topological polar surface area (TPSA) is 83.0 Å². The van der Waals surface area contributed by atoms with Crippen molar-refractivity contribution < 1.29 is 13.2 Å². The summed E-state index contributed by atoms with van der Waals surface area (Å²) in [5, 5.41) is 7.34. The second-order valence-corrected chi connectivity index (χ2v) is 10.4. The predicted octanol–water partition coefficient (Wildman–Crippen LogP) is 1.41. The summed E-state index contributed by atoms with van der Waals surface area (Å²) in [6.07, 6.45) is 2.53. The summed E-state index contributed by atoms with van der Waals surface area (Å²) in [6, 6.07) is 7.68. The van der Waals surface area contributed by atoms with Crippen molar-refractivity contribution in [2.45, 2.75) is 30.4 Å². The maximum atomic E-state index is 12.8. The van der Waals surface area contributed by atoms with Gasteiger partial charge in [-0.3, -0.25) is 4.99 Å². The first-order valence-electron chi connectivity index (χ1n) is 9.77. The van der Waals surface area contributed by atoms with Crippen molar-refractivity contribution in [3.05, 3.63) is 35.4 Å². The highest BCUT2D eigenvalue weighted by molar-refractivity contribution is 8.00. The molecule has 2 N–H and O–H groups in total. The van der Waals surface area contributed by atoms with E-state index in [0.717, 1.165) is 23.6 Å². The van der Waals surface area contributed by atoms with Crippen molar-refractivity contribution in [2.24, 2.45) is 4.99 Å². The number of rotatable bonds is 7. The predicted molar refractivity (Wildman–Crippen MR) is 115 cm³/mol. The third-order valence-corrected chi connectivity index (χ3v) is 8.24. The van der Waals surface area contributed by atoms with Crippen molar-refractivity contribution >= 4 is 27.7 Å². The highest BCUT2D eigenvalue weighted by atomic mass is 32.2. The first kappa shape index (κ1) is 21.4.